The van der Waals surface area contributed by atoms with Crippen LogP contribution in [0.15, 0.2) is 36.4 Å². The van der Waals surface area contributed by atoms with Crippen LogP contribution < -0.4 is 5.32 Å². The molecular formula is C20H28N2O. The molecule has 3 rings (SSSR count). The zero-order chi connectivity index (χ0) is 16.1. The van der Waals surface area contributed by atoms with Gasteiger partial charge in [-0.2, -0.15) is 0 Å². The number of hydrogen-bond donors (Lipinski definition) is 1. The van der Waals surface area contributed by atoms with Crippen LogP contribution >= 0.6 is 0 Å². The number of carbonyl (C=O) groups excluding carboxylic acids is 1. The lowest BCUT2D eigenvalue weighted by Gasteiger charge is -2.26. The quantitative estimate of drug-likeness (QED) is 0.874. The van der Waals surface area contributed by atoms with E-state index in [1.165, 1.54) is 18.4 Å². The zero-order valence-electron chi connectivity index (χ0n) is 14.1. The Hall–Kier alpha value is -1.61. The predicted octanol–water partition coefficient (Wildman–Crippen LogP) is 3.33. The van der Waals surface area contributed by atoms with Crippen LogP contribution in [0.5, 0.6) is 0 Å². The SMILES string of the molecule is CCCN(C/C=C/c1ccccc1)C(=O)[C@@H]1CC12CCNCC2. The third kappa shape index (κ3) is 3.84. The van der Waals surface area contributed by atoms with Crippen LogP contribution in [0.3, 0.4) is 0 Å². The van der Waals surface area contributed by atoms with Crippen LogP contribution in [0.2, 0.25) is 0 Å². The maximum Gasteiger partial charge on any atom is 0.226 e. The number of nitrogens with one attached hydrogen (secondary N) is 1. The summed E-state index contributed by atoms with van der Waals surface area (Å²) in [6.45, 7) is 5.89. The van der Waals surface area contributed by atoms with E-state index in [0.29, 0.717) is 11.3 Å². The number of amides is 1. The van der Waals surface area contributed by atoms with E-state index in [0.717, 1.165) is 39.0 Å². The number of hydrogen-bond acceptors (Lipinski definition) is 2. The van der Waals surface area contributed by atoms with Gasteiger partial charge >= 0.3 is 0 Å². The molecule has 1 aromatic carbocycles. The van der Waals surface area contributed by atoms with E-state index in [-0.39, 0.29) is 5.92 Å². The molecule has 3 nitrogen and oxygen atoms in total. The fourth-order valence-electron chi connectivity index (χ4n) is 3.84. The summed E-state index contributed by atoms with van der Waals surface area (Å²) in [4.78, 5) is 14.9. The molecule has 1 saturated heterocycles. The van der Waals surface area contributed by atoms with Gasteiger partial charge in [-0.3, -0.25) is 4.79 Å². The van der Waals surface area contributed by atoms with Crippen molar-refractivity contribution in [3.8, 4) is 0 Å². The van der Waals surface area contributed by atoms with Crippen molar-refractivity contribution in [1.82, 2.24) is 10.2 Å². The lowest BCUT2D eigenvalue weighted by molar-refractivity contribution is -0.133. The monoisotopic (exact) mass is 312 g/mol. The molecular weight excluding hydrogens is 284 g/mol. The molecule has 0 bridgehead atoms. The van der Waals surface area contributed by atoms with E-state index >= 15 is 0 Å². The van der Waals surface area contributed by atoms with Crippen LogP contribution in [0.1, 0.15) is 38.2 Å². The summed E-state index contributed by atoms with van der Waals surface area (Å²) in [6.07, 6.45) is 8.71. The summed E-state index contributed by atoms with van der Waals surface area (Å²) in [6, 6.07) is 10.3. The lowest BCUT2D eigenvalue weighted by atomic mass is 9.91. The second-order valence-corrected chi connectivity index (χ2v) is 6.97. The maximum absolute atomic E-state index is 12.9. The van der Waals surface area contributed by atoms with Gasteiger partial charge in [-0.15, -0.1) is 0 Å². The maximum atomic E-state index is 12.9. The van der Waals surface area contributed by atoms with Gasteiger partial charge in [-0.05, 0) is 49.8 Å². The van der Waals surface area contributed by atoms with Crippen molar-refractivity contribution in [1.29, 1.82) is 0 Å². The molecule has 1 aromatic rings. The van der Waals surface area contributed by atoms with Crippen molar-refractivity contribution in [3.63, 3.8) is 0 Å². The summed E-state index contributed by atoms with van der Waals surface area (Å²) in [5.74, 6) is 0.660. The number of benzene rings is 1. The normalized spacial score (nSPS) is 22.4. The largest absolute Gasteiger partial charge is 0.339 e. The fourth-order valence-corrected chi connectivity index (χ4v) is 3.84. The van der Waals surface area contributed by atoms with Crippen molar-refractivity contribution in [3.05, 3.63) is 42.0 Å². The van der Waals surface area contributed by atoms with Crippen LogP contribution in [0.25, 0.3) is 6.08 Å². The number of piperidine rings is 1. The van der Waals surface area contributed by atoms with Gasteiger partial charge in [-0.25, -0.2) is 0 Å². The highest BCUT2D eigenvalue weighted by Gasteiger charge is 2.58. The van der Waals surface area contributed by atoms with Crippen molar-refractivity contribution in [2.24, 2.45) is 11.3 Å². The molecule has 124 valence electrons. The number of carbonyl (C=O) groups is 1. The van der Waals surface area contributed by atoms with Crippen LogP contribution in [-0.2, 0) is 4.79 Å². The summed E-state index contributed by atoms with van der Waals surface area (Å²) in [5.41, 5.74) is 1.52. The predicted molar refractivity (Wildman–Crippen MR) is 95.0 cm³/mol. The minimum atomic E-state index is 0.279. The third-order valence-corrected chi connectivity index (χ3v) is 5.33. The first-order chi connectivity index (χ1) is 11.2. The molecule has 1 amide bonds. The smallest absolute Gasteiger partial charge is 0.226 e. The molecule has 2 fully saturated rings. The van der Waals surface area contributed by atoms with E-state index in [9.17, 15) is 4.79 Å². The molecule has 0 aromatic heterocycles. The summed E-state index contributed by atoms with van der Waals surface area (Å²) < 4.78 is 0. The Morgan fingerprint density at radius 3 is 2.74 bits per heavy atom. The van der Waals surface area contributed by atoms with E-state index in [1.807, 2.05) is 18.2 Å². The number of rotatable bonds is 6. The fraction of sp³-hybridized carbons (Fsp3) is 0.550. The molecule has 1 atom stereocenters. The molecule has 0 unspecified atom stereocenters. The van der Waals surface area contributed by atoms with Gasteiger partial charge in [0.15, 0.2) is 0 Å². The second kappa shape index (κ2) is 7.31. The van der Waals surface area contributed by atoms with Gasteiger partial charge in [0, 0.05) is 19.0 Å². The molecule has 0 radical (unpaired) electrons. The zero-order valence-corrected chi connectivity index (χ0v) is 14.1. The molecule has 1 aliphatic carbocycles. The van der Waals surface area contributed by atoms with Gasteiger partial charge in [0.2, 0.25) is 5.91 Å². The van der Waals surface area contributed by atoms with Gasteiger partial charge in [0.1, 0.15) is 0 Å². The Kier molecular flexibility index (Phi) is 5.16. The third-order valence-electron chi connectivity index (χ3n) is 5.33. The Morgan fingerprint density at radius 1 is 1.30 bits per heavy atom. The molecule has 1 saturated carbocycles. The Morgan fingerprint density at radius 2 is 2.04 bits per heavy atom. The molecule has 1 aliphatic heterocycles. The first-order valence-electron chi connectivity index (χ1n) is 8.96. The van der Waals surface area contributed by atoms with Crippen molar-refractivity contribution in [2.45, 2.75) is 32.6 Å². The highest BCUT2D eigenvalue weighted by molar-refractivity contribution is 5.83. The van der Waals surface area contributed by atoms with E-state index < -0.39 is 0 Å². The Bertz CT molecular complexity index is 546. The molecule has 1 N–H and O–H groups in total. The Balaban J connectivity index is 1.58. The average Bonchev–Trinajstić information content (AvgIpc) is 3.28. The average molecular weight is 312 g/mol. The van der Waals surface area contributed by atoms with Gasteiger partial charge in [0.05, 0.1) is 0 Å². The topological polar surface area (TPSA) is 32.3 Å². The van der Waals surface area contributed by atoms with Gasteiger partial charge < -0.3 is 10.2 Å². The van der Waals surface area contributed by atoms with Crippen LogP contribution in [0.4, 0.5) is 0 Å². The van der Waals surface area contributed by atoms with Gasteiger partial charge in [0.25, 0.3) is 0 Å². The van der Waals surface area contributed by atoms with Crippen molar-refractivity contribution < 1.29 is 4.79 Å². The lowest BCUT2D eigenvalue weighted by Crippen LogP contribution is -2.37. The minimum Gasteiger partial charge on any atom is -0.339 e. The summed E-state index contributed by atoms with van der Waals surface area (Å²) in [5, 5.41) is 3.41. The first kappa shape index (κ1) is 16.3. The van der Waals surface area contributed by atoms with Gasteiger partial charge in [-0.1, -0.05) is 49.4 Å². The first-order valence-corrected chi connectivity index (χ1v) is 8.96. The summed E-state index contributed by atoms with van der Waals surface area (Å²) in [7, 11) is 0. The highest BCUT2D eigenvalue weighted by Crippen LogP contribution is 2.59. The minimum absolute atomic E-state index is 0.279. The van der Waals surface area contributed by atoms with Crippen LogP contribution in [0, 0.1) is 11.3 Å². The van der Waals surface area contributed by atoms with Crippen molar-refractivity contribution in [2.75, 3.05) is 26.2 Å². The summed E-state index contributed by atoms with van der Waals surface area (Å²) >= 11 is 0. The Labute approximate surface area is 139 Å². The van der Waals surface area contributed by atoms with Crippen molar-refractivity contribution >= 4 is 12.0 Å². The molecule has 23 heavy (non-hydrogen) atoms. The number of nitrogens with zero attached hydrogens (tertiary/aromatic N) is 1. The molecule has 3 heteroatoms. The molecule has 2 aliphatic rings. The van der Waals surface area contributed by atoms with E-state index in [2.05, 4.69) is 41.4 Å². The standard InChI is InChI=1S/C20H28N2O/c1-2-14-22(15-6-9-17-7-4-3-5-8-17)19(23)18-16-20(18)10-12-21-13-11-20/h3-9,18,21H,2,10-16H2,1H3/b9-6+/t18-/m0/s1. The van der Waals surface area contributed by atoms with E-state index in [1.54, 1.807) is 0 Å². The van der Waals surface area contributed by atoms with E-state index in [4.69, 9.17) is 0 Å². The van der Waals surface area contributed by atoms with Crippen LogP contribution in [-0.4, -0.2) is 37.0 Å². The molecule has 1 heterocycles. The highest BCUT2D eigenvalue weighted by atomic mass is 16.2. The molecule has 1 spiro atoms. The second-order valence-electron chi connectivity index (χ2n) is 6.97.